The van der Waals surface area contributed by atoms with Crippen LogP contribution in [0.2, 0.25) is 0 Å². The molecular weight excluding hydrogens is 639 g/mol. The van der Waals surface area contributed by atoms with Crippen LogP contribution in [-0.4, -0.2) is 15.0 Å². The summed E-state index contributed by atoms with van der Waals surface area (Å²) in [4.78, 5) is 15.4. The minimum absolute atomic E-state index is 0.703. The summed E-state index contributed by atoms with van der Waals surface area (Å²) >= 11 is 1.87. The molecule has 0 spiro atoms. The Morgan fingerprint density at radius 2 is 0.882 bits per heavy atom. The van der Waals surface area contributed by atoms with E-state index < -0.39 is 0 Å². The number of hydrogen-bond acceptors (Lipinski definition) is 4. The minimum Gasteiger partial charge on any atom is -0.247 e. The van der Waals surface area contributed by atoms with E-state index in [2.05, 4.69) is 152 Å². The highest BCUT2D eigenvalue weighted by molar-refractivity contribution is 7.26. The molecule has 0 atom stereocenters. The summed E-state index contributed by atoms with van der Waals surface area (Å²) in [6.07, 6.45) is 0. The molecule has 4 heteroatoms. The van der Waals surface area contributed by atoms with Crippen molar-refractivity contribution in [3.63, 3.8) is 0 Å². The molecule has 0 bridgehead atoms. The fourth-order valence-electron chi connectivity index (χ4n) is 7.16. The van der Waals surface area contributed by atoms with Crippen LogP contribution in [-0.2, 0) is 0 Å². The molecule has 3 nitrogen and oxygen atoms in total. The van der Waals surface area contributed by atoms with Crippen molar-refractivity contribution in [2.45, 2.75) is 0 Å². The molecule has 0 saturated carbocycles. The van der Waals surface area contributed by atoms with Gasteiger partial charge < -0.3 is 0 Å². The van der Waals surface area contributed by atoms with E-state index in [0.717, 1.165) is 50.2 Å². The zero-order valence-corrected chi connectivity index (χ0v) is 28.3. The maximum Gasteiger partial charge on any atom is 0.160 e. The summed E-state index contributed by atoms with van der Waals surface area (Å²) in [5, 5.41) is 6.21. The number of rotatable bonds is 5. The lowest BCUT2D eigenvalue weighted by atomic mass is 9.97. The summed E-state index contributed by atoms with van der Waals surface area (Å²) in [5.74, 6) is 0.703. The number of fused-ring (bicyclic) bond motifs is 7. The number of aromatic nitrogens is 3. The lowest BCUT2D eigenvalue weighted by molar-refractivity contribution is 1.18. The van der Waals surface area contributed by atoms with Crippen molar-refractivity contribution in [2.75, 3.05) is 0 Å². The summed E-state index contributed by atoms with van der Waals surface area (Å²) in [6.45, 7) is 0. The molecule has 0 unspecified atom stereocenters. The van der Waals surface area contributed by atoms with Gasteiger partial charge in [-0.05, 0) is 29.3 Å². The molecule has 7 aromatic carbocycles. The second-order valence-corrected chi connectivity index (χ2v) is 13.8. The Bertz CT molecular complexity index is 2880. The van der Waals surface area contributed by atoms with Gasteiger partial charge >= 0.3 is 0 Å². The van der Waals surface area contributed by atoms with Crippen molar-refractivity contribution >= 4 is 53.2 Å². The molecule has 0 aliphatic carbocycles. The van der Waals surface area contributed by atoms with Gasteiger partial charge in [-0.3, -0.25) is 0 Å². The van der Waals surface area contributed by atoms with E-state index in [1.807, 2.05) is 35.6 Å². The summed E-state index contributed by atoms with van der Waals surface area (Å²) in [5.41, 5.74) is 10.3. The number of para-hydroxylation sites is 1. The van der Waals surface area contributed by atoms with E-state index in [1.54, 1.807) is 0 Å². The van der Waals surface area contributed by atoms with Crippen LogP contribution in [0.15, 0.2) is 176 Å². The van der Waals surface area contributed by atoms with Crippen molar-refractivity contribution < 1.29 is 0 Å². The molecule has 0 radical (unpaired) electrons. The summed E-state index contributed by atoms with van der Waals surface area (Å²) < 4.78 is 2.61. The van der Waals surface area contributed by atoms with E-state index in [0.29, 0.717) is 5.82 Å². The molecule has 0 amide bonds. The highest BCUT2D eigenvalue weighted by Gasteiger charge is 2.17. The van der Waals surface area contributed by atoms with E-state index >= 15 is 0 Å². The van der Waals surface area contributed by atoms with Crippen molar-refractivity contribution in [1.29, 1.82) is 0 Å². The second-order valence-electron chi connectivity index (χ2n) is 12.8. The van der Waals surface area contributed by atoms with Gasteiger partial charge in [-0.1, -0.05) is 158 Å². The molecule has 51 heavy (non-hydrogen) atoms. The van der Waals surface area contributed by atoms with Crippen molar-refractivity contribution in [1.82, 2.24) is 15.0 Å². The number of nitrogens with zero attached hydrogens (tertiary/aromatic N) is 3. The zero-order valence-electron chi connectivity index (χ0n) is 27.5. The molecule has 3 heterocycles. The van der Waals surface area contributed by atoms with Crippen LogP contribution in [0.25, 0.3) is 98.1 Å². The lowest BCUT2D eigenvalue weighted by Crippen LogP contribution is -1.96. The molecule has 3 aromatic heterocycles. The fraction of sp³-hybridized carbons (Fsp3) is 0. The SMILES string of the molecule is c1ccc(-c2ccc(-c3cc(-c4ccc(-c5nc6ccccc6c6c5ccc5c7ccccc7sc56)cc4)nc(-c4ccccc4)n3)cc2)cc1. The molecule has 10 aromatic rings. The molecule has 0 N–H and O–H groups in total. The van der Waals surface area contributed by atoms with Crippen LogP contribution in [0.3, 0.4) is 0 Å². The third-order valence-corrected chi connectivity index (χ3v) is 10.9. The van der Waals surface area contributed by atoms with E-state index in [1.165, 1.54) is 42.1 Å². The van der Waals surface area contributed by atoms with Crippen molar-refractivity contribution in [3.05, 3.63) is 176 Å². The molecule has 10 rings (SSSR count). The van der Waals surface area contributed by atoms with E-state index in [-0.39, 0.29) is 0 Å². The maximum absolute atomic E-state index is 5.25. The standard InChI is InChI=1S/C47H29N3S/c1-3-11-30(12-4-1)31-19-21-32(22-20-31)41-29-42(50-47(49-41)35-13-5-2-6-14-35)33-23-25-34(26-24-33)45-39-28-27-37-36-15-8-10-18-43(36)51-46(37)44(39)38-16-7-9-17-40(38)48-45/h1-29H. The van der Waals surface area contributed by atoms with Crippen LogP contribution in [0.1, 0.15) is 0 Å². The van der Waals surface area contributed by atoms with Crippen LogP contribution >= 0.6 is 11.3 Å². The molecule has 0 saturated heterocycles. The zero-order chi connectivity index (χ0) is 33.7. The third-order valence-electron chi connectivity index (χ3n) is 9.71. The van der Waals surface area contributed by atoms with Crippen molar-refractivity contribution in [3.8, 4) is 56.3 Å². The maximum atomic E-state index is 5.25. The Kier molecular flexibility index (Phi) is 7.00. The first-order chi connectivity index (χ1) is 25.3. The van der Waals surface area contributed by atoms with Gasteiger partial charge in [0.25, 0.3) is 0 Å². The van der Waals surface area contributed by atoms with E-state index in [9.17, 15) is 0 Å². The molecule has 238 valence electrons. The number of benzene rings is 7. The van der Waals surface area contributed by atoms with Gasteiger partial charge in [-0.25, -0.2) is 15.0 Å². The van der Waals surface area contributed by atoms with Crippen LogP contribution in [0, 0.1) is 0 Å². The molecule has 0 aliphatic heterocycles. The average Bonchev–Trinajstić information content (AvgIpc) is 3.60. The predicted octanol–water partition coefficient (Wildman–Crippen LogP) is 12.9. The Balaban J connectivity index is 1.09. The number of pyridine rings is 1. The summed E-state index contributed by atoms with van der Waals surface area (Å²) in [7, 11) is 0. The second kappa shape index (κ2) is 12.1. The first kappa shape index (κ1) is 29.4. The predicted molar refractivity (Wildman–Crippen MR) is 215 cm³/mol. The van der Waals surface area contributed by atoms with Gasteiger partial charge in [0.15, 0.2) is 5.82 Å². The third kappa shape index (κ3) is 5.16. The largest absolute Gasteiger partial charge is 0.247 e. The highest BCUT2D eigenvalue weighted by Crippen LogP contribution is 2.43. The van der Waals surface area contributed by atoms with Gasteiger partial charge in [-0.2, -0.15) is 0 Å². The molecular formula is C47H29N3S. The lowest BCUT2D eigenvalue weighted by Gasteiger charge is -2.12. The van der Waals surface area contributed by atoms with Crippen LogP contribution in [0.4, 0.5) is 0 Å². The molecule has 0 fully saturated rings. The smallest absolute Gasteiger partial charge is 0.160 e. The first-order valence-electron chi connectivity index (χ1n) is 17.1. The average molecular weight is 668 g/mol. The van der Waals surface area contributed by atoms with Gasteiger partial charge in [-0.15, -0.1) is 11.3 Å². The van der Waals surface area contributed by atoms with Gasteiger partial charge in [0.2, 0.25) is 0 Å². The number of thiophene rings is 1. The summed E-state index contributed by atoms with van der Waals surface area (Å²) in [6, 6.07) is 61.8. The Morgan fingerprint density at radius 3 is 1.59 bits per heavy atom. The first-order valence-corrected chi connectivity index (χ1v) is 17.9. The highest BCUT2D eigenvalue weighted by atomic mass is 32.1. The van der Waals surface area contributed by atoms with Gasteiger partial charge in [0.1, 0.15) is 0 Å². The topological polar surface area (TPSA) is 38.7 Å². The monoisotopic (exact) mass is 667 g/mol. The fourth-order valence-corrected chi connectivity index (χ4v) is 8.42. The van der Waals surface area contributed by atoms with Gasteiger partial charge in [0.05, 0.1) is 22.6 Å². The number of hydrogen-bond donors (Lipinski definition) is 0. The molecule has 0 aliphatic rings. The minimum atomic E-state index is 0.703. The Labute approximate surface area is 299 Å². The Morgan fingerprint density at radius 1 is 0.353 bits per heavy atom. The quantitative estimate of drug-likeness (QED) is 0.171. The van der Waals surface area contributed by atoms with Crippen LogP contribution in [0.5, 0.6) is 0 Å². The van der Waals surface area contributed by atoms with E-state index in [4.69, 9.17) is 15.0 Å². The Hall–Kier alpha value is -6.49. The van der Waals surface area contributed by atoms with Crippen LogP contribution < -0.4 is 0 Å². The normalized spacial score (nSPS) is 11.5. The van der Waals surface area contributed by atoms with Crippen molar-refractivity contribution in [2.24, 2.45) is 0 Å². The van der Waals surface area contributed by atoms with Gasteiger partial charge in [0, 0.05) is 58.6 Å².